The molecule has 1 saturated heterocycles. The molecule has 2 rings (SSSR count). The summed E-state index contributed by atoms with van der Waals surface area (Å²) in [5.41, 5.74) is 2.68. The van der Waals surface area contributed by atoms with Crippen LogP contribution in [0.25, 0.3) is 0 Å². The number of nitrogens with zero attached hydrogens (tertiary/aromatic N) is 2. The van der Waals surface area contributed by atoms with Crippen LogP contribution >= 0.6 is 0 Å². The van der Waals surface area contributed by atoms with Crippen LogP contribution in [0.15, 0.2) is 18.5 Å². The number of piperidine rings is 1. The monoisotopic (exact) mass is 261 g/mol. The Labute approximate surface area is 117 Å². The minimum Gasteiger partial charge on any atom is -0.367 e. The van der Waals surface area contributed by atoms with Crippen molar-refractivity contribution >= 4 is 5.69 Å². The van der Waals surface area contributed by atoms with Gasteiger partial charge in [0, 0.05) is 31.4 Å². The minimum absolute atomic E-state index is 0.513. The van der Waals surface area contributed by atoms with E-state index in [9.17, 15) is 0 Å². The maximum absolute atomic E-state index is 4.34. The van der Waals surface area contributed by atoms with Crippen LogP contribution in [0.1, 0.15) is 46.1 Å². The van der Waals surface area contributed by atoms with E-state index in [0.717, 1.165) is 19.0 Å². The fraction of sp³-hybridized carbons (Fsp3) is 0.688. The number of pyridine rings is 1. The summed E-state index contributed by atoms with van der Waals surface area (Å²) >= 11 is 0. The molecule has 1 aliphatic rings. The van der Waals surface area contributed by atoms with Gasteiger partial charge in [-0.1, -0.05) is 20.8 Å². The third kappa shape index (κ3) is 3.69. The summed E-state index contributed by atoms with van der Waals surface area (Å²) in [4.78, 5) is 6.88. The Morgan fingerprint density at radius 3 is 2.89 bits per heavy atom. The van der Waals surface area contributed by atoms with Gasteiger partial charge in [-0.2, -0.15) is 0 Å². The van der Waals surface area contributed by atoms with Crippen molar-refractivity contribution in [1.29, 1.82) is 0 Å². The molecule has 2 atom stereocenters. The van der Waals surface area contributed by atoms with Gasteiger partial charge in [0.25, 0.3) is 0 Å². The zero-order valence-electron chi connectivity index (χ0n) is 12.7. The van der Waals surface area contributed by atoms with Crippen LogP contribution < -0.4 is 10.2 Å². The van der Waals surface area contributed by atoms with Crippen LogP contribution in [-0.2, 0) is 6.54 Å². The molecule has 1 aliphatic heterocycles. The first-order valence-corrected chi connectivity index (χ1v) is 7.51. The van der Waals surface area contributed by atoms with Gasteiger partial charge in [0.05, 0.1) is 11.9 Å². The van der Waals surface area contributed by atoms with E-state index < -0.39 is 0 Å². The van der Waals surface area contributed by atoms with Crippen LogP contribution in [0.3, 0.4) is 0 Å². The molecule has 1 N–H and O–H groups in total. The summed E-state index contributed by atoms with van der Waals surface area (Å²) in [6.45, 7) is 11.1. The van der Waals surface area contributed by atoms with Crippen molar-refractivity contribution in [2.75, 3.05) is 11.4 Å². The van der Waals surface area contributed by atoms with Gasteiger partial charge in [0.2, 0.25) is 0 Å². The summed E-state index contributed by atoms with van der Waals surface area (Å²) in [5, 5.41) is 3.51. The fourth-order valence-electron chi connectivity index (χ4n) is 2.76. The summed E-state index contributed by atoms with van der Waals surface area (Å²) < 4.78 is 0. The molecule has 2 heterocycles. The second-order valence-electron chi connectivity index (χ2n) is 6.22. The molecule has 3 nitrogen and oxygen atoms in total. The lowest BCUT2D eigenvalue weighted by molar-refractivity contribution is 0.389. The van der Waals surface area contributed by atoms with Crippen molar-refractivity contribution in [1.82, 2.24) is 10.3 Å². The van der Waals surface area contributed by atoms with Gasteiger partial charge < -0.3 is 10.2 Å². The Morgan fingerprint density at radius 2 is 2.16 bits per heavy atom. The first-order chi connectivity index (χ1) is 9.08. The van der Waals surface area contributed by atoms with Crippen molar-refractivity contribution in [3.05, 3.63) is 24.0 Å². The van der Waals surface area contributed by atoms with Crippen molar-refractivity contribution in [2.45, 2.75) is 59.2 Å². The van der Waals surface area contributed by atoms with Crippen molar-refractivity contribution in [2.24, 2.45) is 5.92 Å². The molecule has 0 aromatic carbocycles. The summed E-state index contributed by atoms with van der Waals surface area (Å²) in [6.07, 6.45) is 6.56. The van der Waals surface area contributed by atoms with Gasteiger partial charge in [-0.3, -0.25) is 4.98 Å². The molecule has 3 heteroatoms. The van der Waals surface area contributed by atoms with Crippen molar-refractivity contribution in [3.8, 4) is 0 Å². The SMILES string of the molecule is CC1CCC(C)N(c2cnccc2CNC(C)C)C1. The lowest BCUT2D eigenvalue weighted by Gasteiger charge is -2.39. The maximum atomic E-state index is 4.34. The number of aromatic nitrogens is 1. The molecule has 0 amide bonds. The molecule has 0 aliphatic carbocycles. The Balaban J connectivity index is 2.18. The molecule has 1 fully saturated rings. The molecule has 0 bridgehead atoms. The molecule has 0 radical (unpaired) electrons. The number of rotatable bonds is 4. The molecule has 1 aromatic rings. The molecular formula is C16H27N3. The lowest BCUT2D eigenvalue weighted by atomic mass is 9.94. The number of hydrogen-bond donors (Lipinski definition) is 1. The Bertz CT molecular complexity index is 403. The van der Waals surface area contributed by atoms with Gasteiger partial charge in [-0.15, -0.1) is 0 Å². The van der Waals surface area contributed by atoms with Crippen LogP contribution in [-0.4, -0.2) is 23.6 Å². The predicted octanol–water partition coefficient (Wildman–Crippen LogP) is 3.20. The number of nitrogens with one attached hydrogen (secondary N) is 1. The minimum atomic E-state index is 0.513. The van der Waals surface area contributed by atoms with Crippen molar-refractivity contribution < 1.29 is 0 Å². The van der Waals surface area contributed by atoms with E-state index in [0.29, 0.717) is 12.1 Å². The highest BCUT2D eigenvalue weighted by molar-refractivity contribution is 5.53. The van der Waals surface area contributed by atoms with Crippen molar-refractivity contribution in [3.63, 3.8) is 0 Å². The average molecular weight is 261 g/mol. The summed E-state index contributed by atoms with van der Waals surface area (Å²) in [5.74, 6) is 0.780. The summed E-state index contributed by atoms with van der Waals surface area (Å²) in [7, 11) is 0. The van der Waals surface area contributed by atoms with E-state index in [1.165, 1.54) is 24.1 Å². The number of hydrogen-bond acceptors (Lipinski definition) is 3. The van der Waals surface area contributed by atoms with Gasteiger partial charge in [0.1, 0.15) is 0 Å². The molecule has 0 spiro atoms. The van der Waals surface area contributed by atoms with E-state index in [2.05, 4.69) is 49.0 Å². The van der Waals surface area contributed by atoms with Gasteiger partial charge >= 0.3 is 0 Å². The van der Waals surface area contributed by atoms with Crippen LogP contribution in [0.5, 0.6) is 0 Å². The van der Waals surface area contributed by atoms with Gasteiger partial charge in [-0.05, 0) is 37.3 Å². The normalized spacial score (nSPS) is 23.9. The maximum Gasteiger partial charge on any atom is 0.0600 e. The van der Waals surface area contributed by atoms with Crippen LogP contribution in [0.4, 0.5) is 5.69 Å². The highest BCUT2D eigenvalue weighted by Crippen LogP contribution is 2.29. The van der Waals surface area contributed by atoms with E-state index in [-0.39, 0.29) is 0 Å². The first-order valence-electron chi connectivity index (χ1n) is 7.51. The summed E-state index contributed by atoms with van der Waals surface area (Å²) in [6, 6.07) is 3.29. The third-order valence-corrected chi connectivity index (χ3v) is 4.02. The molecule has 2 unspecified atom stereocenters. The highest BCUT2D eigenvalue weighted by atomic mass is 15.2. The Kier molecular flexibility index (Phi) is 4.81. The molecule has 106 valence electrons. The molecule has 0 saturated carbocycles. The quantitative estimate of drug-likeness (QED) is 0.902. The van der Waals surface area contributed by atoms with Gasteiger partial charge in [-0.25, -0.2) is 0 Å². The predicted molar refractivity (Wildman–Crippen MR) is 81.4 cm³/mol. The zero-order valence-corrected chi connectivity index (χ0v) is 12.7. The van der Waals surface area contributed by atoms with Crippen LogP contribution in [0.2, 0.25) is 0 Å². The molecule has 1 aromatic heterocycles. The van der Waals surface area contributed by atoms with E-state index in [1.54, 1.807) is 0 Å². The Hall–Kier alpha value is -1.09. The second-order valence-corrected chi connectivity index (χ2v) is 6.22. The lowest BCUT2D eigenvalue weighted by Crippen LogP contribution is -2.42. The fourth-order valence-corrected chi connectivity index (χ4v) is 2.76. The largest absolute Gasteiger partial charge is 0.367 e. The number of anilines is 1. The van der Waals surface area contributed by atoms with Crippen LogP contribution in [0, 0.1) is 5.92 Å². The topological polar surface area (TPSA) is 28.2 Å². The molecular weight excluding hydrogens is 234 g/mol. The standard InChI is InChI=1S/C16H27N3/c1-12(2)18-9-15-7-8-17-10-16(15)19-11-13(3)5-6-14(19)4/h7-8,10,12-14,18H,5-6,9,11H2,1-4H3. The van der Waals surface area contributed by atoms with E-state index in [1.807, 2.05) is 12.4 Å². The smallest absolute Gasteiger partial charge is 0.0600 e. The second kappa shape index (κ2) is 6.38. The first kappa shape index (κ1) is 14.3. The zero-order chi connectivity index (χ0) is 13.8. The van der Waals surface area contributed by atoms with Gasteiger partial charge in [0.15, 0.2) is 0 Å². The average Bonchev–Trinajstić information content (AvgIpc) is 2.39. The van der Waals surface area contributed by atoms with E-state index >= 15 is 0 Å². The van der Waals surface area contributed by atoms with E-state index in [4.69, 9.17) is 0 Å². The molecule has 19 heavy (non-hydrogen) atoms. The Morgan fingerprint density at radius 1 is 1.37 bits per heavy atom. The highest BCUT2D eigenvalue weighted by Gasteiger charge is 2.24. The third-order valence-electron chi connectivity index (χ3n) is 4.02.